The van der Waals surface area contributed by atoms with Crippen LogP contribution in [-0.4, -0.2) is 20.7 Å². The van der Waals surface area contributed by atoms with E-state index in [0.29, 0.717) is 6.42 Å². The van der Waals surface area contributed by atoms with Gasteiger partial charge in [-0.25, -0.2) is 4.68 Å². The third-order valence-electron chi connectivity index (χ3n) is 4.15. The number of hydrogen-bond donors (Lipinski definition) is 1. The number of carbonyl (C=O) groups excluding carboxylic acids is 1. The molecule has 0 saturated carbocycles. The van der Waals surface area contributed by atoms with Crippen molar-refractivity contribution in [3.63, 3.8) is 0 Å². The standard InChI is InChI=1S/C17H19F3N4O/c1-16(2,3)15(25)22-12-4-5-13-11(12)9-24(23-13)10-6-7-21-14(8-10)17(18,19)20/h6-9,12H,4-5H2,1-3H3,(H,22,25)/t12-/m1/s1. The molecule has 2 aromatic heterocycles. The van der Waals surface area contributed by atoms with E-state index in [9.17, 15) is 18.0 Å². The molecule has 0 bridgehead atoms. The molecule has 0 radical (unpaired) electrons. The molecule has 1 aliphatic carbocycles. The highest BCUT2D eigenvalue weighted by molar-refractivity contribution is 5.81. The number of halogens is 3. The summed E-state index contributed by atoms with van der Waals surface area (Å²) in [5, 5.41) is 7.36. The van der Waals surface area contributed by atoms with Crippen molar-refractivity contribution >= 4 is 5.91 Å². The van der Waals surface area contributed by atoms with Crippen molar-refractivity contribution in [1.82, 2.24) is 20.1 Å². The molecule has 0 fully saturated rings. The van der Waals surface area contributed by atoms with E-state index >= 15 is 0 Å². The van der Waals surface area contributed by atoms with E-state index in [2.05, 4.69) is 15.4 Å². The topological polar surface area (TPSA) is 59.8 Å². The number of nitrogens with one attached hydrogen (secondary N) is 1. The quantitative estimate of drug-likeness (QED) is 0.901. The largest absolute Gasteiger partial charge is 0.433 e. The normalized spacial score (nSPS) is 17.4. The van der Waals surface area contributed by atoms with Crippen LogP contribution in [0, 0.1) is 5.41 Å². The van der Waals surface area contributed by atoms with Crippen molar-refractivity contribution in [1.29, 1.82) is 0 Å². The number of amides is 1. The summed E-state index contributed by atoms with van der Waals surface area (Å²) in [5.41, 5.74) is 0.467. The first kappa shape index (κ1) is 17.4. The van der Waals surface area contributed by atoms with Gasteiger partial charge in [-0.15, -0.1) is 0 Å². The third kappa shape index (κ3) is 3.52. The lowest BCUT2D eigenvalue weighted by atomic mass is 9.95. The van der Waals surface area contributed by atoms with Crippen molar-refractivity contribution in [2.24, 2.45) is 5.41 Å². The molecule has 1 N–H and O–H groups in total. The summed E-state index contributed by atoms with van der Waals surface area (Å²) in [7, 11) is 0. The number of alkyl halides is 3. The minimum atomic E-state index is -4.50. The minimum Gasteiger partial charge on any atom is -0.349 e. The van der Waals surface area contributed by atoms with Gasteiger partial charge in [0.2, 0.25) is 5.91 Å². The Morgan fingerprint density at radius 1 is 1.32 bits per heavy atom. The Hall–Kier alpha value is -2.38. The summed E-state index contributed by atoms with van der Waals surface area (Å²) in [6.07, 6.45) is -0.288. The fourth-order valence-electron chi connectivity index (χ4n) is 2.72. The zero-order valence-electron chi connectivity index (χ0n) is 14.2. The van der Waals surface area contributed by atoms with Gasteiger partial charge in [0.15, 0.2) is 0 Å². The van der Waals surface area contributed by atoms with Gasteiger partial charge in [0.05, 0.1) is 17.4 Å². The SMILES string of the molecule is CC(C)(C)C(=O)N[C@@H]1CCc2nn(-c3ccnc(C(F)(F)F)c3)cc21. The van der Waals surface area contributed by atoms with E-state index in [4.69, 9.17) is 0 Å². The van der Waals surface area contributed by atoms with Gasteiger partial charge in [-0.3, -0.25) is 9.78 Å². The highest BCUT2D eigenvalue weighted by Gasteiger charge is 2.33. The smallest absolute Gasteiger partial charge is 0.349 e. The van der Waals surface area contributed by atoms with Crippen molar-refractivity contribution < 1.29 is 18.0 Å². The molecule has 134 valence electrons. The van der Waals surface area contributed by atoms with Gasteiger partial charge in [-0.05, 0) is 25.0 Å². The zero-order chi connectivity index (χ0) is 18.4. The summed E-state index contributed by atoms with van der Waals surface area (Å²) in [6.45, 7) is 5.49. The molecule has 2 aromatic rings. The lowest BCUT2D eigenvalue weighted by Gasteiger charge is -2.21. The number of aromatic nitrogens is 3. The summed E-state index contributed by atoms with van der Waals surface area (Å²) in [6, 6.07) is 2.27. The molecule has 0 saturated heterocycles. The highest BCUT2D eigenvalue weighted by atomic mass is 19.4. The molecule has 0 aliphatic heterocycles. The van der Waals surface area contributed by atoms with Crippen LogP contribution < -0.4 is 5.32 Å². The Kier molecular flexibility index (Phi) is 4.09. The Morgan fingerprint density at radius 2 is 2.04 bits per heavy atom. The van der Waals surface area contributed by atoms with Crippen molar-refractivity contribution in [2.75, 3.05) is 0 Å². The Balaban J connectivity index is 1.87. The monoisotopic (exact) mass is 352 g/mol. The average molecular weight is 352 g/mol. The maximum Gasteiger partial charge on any atom is 0.433 e. The first-order valence-electron chi connectivity index (χ1n) is 7.99. The first-order valence-corrected chi connectivity index (χ1v) is 7.99. The van der Waals surface area contributed by atoms with E-state index in [1.165, 1.54) is 10.7 Å². The van der Waals surface area contributed by atoms with Crippen LogP contribution >= 0.6 is 0 Å². The lowest BCUT2D eigenvalue weighted by molar-refractivity contribution is -0.141. The molecule has 0 unspecified atom stereocenters. The molecule has 2 heterocycles. The van der Waals surface area contributed by atoms with E-state index in [1.807, 2.05) is 20.8 Å². The number of rotatable bonds is 2. The second-order valence-electron chi connectivity index (χ2n) is 7.19. The van der Waals surface area contributed by atoms with Gasteiger partial charge < -0.3 is 5.32 Å². The average Bonchev–Trinajstić information content (AvgIpc) is 3.07. The lowest BCUT2D eigenvalue weighted by Crippen LogP contribution is -2.36. The number of hydrogen-bond acceptors (Lipinski definition) is 3. The molecule has 5 nitrogen and oxygen atoms in total. The number of nitrogens with zero attached hydrogens (tertiary/aromatic N) is 3. The molecule has 0 aromatic carbocycles. The fourth-order valence-corrected chi connectivity index (χ4v) is 2.72. The number of aryl methyl sites for hydroxylation is 1. The first-order chi connectivity index (χ1) is 11.6. The van der Waals surface area contributed by atoms with Crippen LogP contribution in [0.3, 0.4) is 0 Å². The third-order valence-corrected chi connectivity index (χ3v) is 4.15. The summed E-state index contributed by atoms with van der Waals surface area (Å²) in [4.78, 5) is 15.5. The number of carbonyl (C=O) groups is 1. The molecule has 3 rings (SSSR count). The summed E-state index contributed by atoms with van der Waals surface area (Å²) >= 11 is 0. The van der Waals surface area contributed by atoms with E-state index in [1.54, 1.807) is 6.20 Å². The van der Waals surface area contributed by atoms with Crippen LogP contribution in [0.5, 0.6) is 0 Å². The second kappa shape index (κ2) is 5.86. The van der Waals surface area contributed by atoms with Crippen LogP contribution in [0.2, 0.25) is 0 Å². The van der Waals surface area contributed by atoms with Crippen molar-refractivity contribution in [3.8, 4) is 5.69 Å². The Labute approximate surface area is 143 Å². The van der Waals surface area contributed by atoms with Gasteiger partial charge in [-0.1, -0.05) is 20.8 Å². The maximum absolute atomic E-state index is 12.8. The van der Waals surface area contributed by atoms with E-state index < -0.39 is 17.3 Å². The molecule has 1 aliphatic rings. The molecule has 1 atom stereocenters. The molecule has 0 spiro atoms. The fraction of sp³-hybridized carbons (Fsp3) is 0.471. The van der Waals surface area contributed by atoms with Crippen LogP contribution in [-0.2, 0) is 17.4 Å². The Morgan fingerprint density at radius 3 is 2.68 bits per heavy atom. The molecule has 1 amide bonds. The predicted molar refractivity (Wildman–Crippen MR) is 85.0 cm³/mol. The van der Waals surface area contributed by atoms with Gasteiger partial charge in [0, 0.05) is 23.4 Å². The minimum absolute atomic E-state index is 0.0682. The van der Waals surface area contributed by atoms with Crippen LogP contribution in [0.25, 0.3) is 5.69 Å². The van der Waals surface area contributed by atoms with Crippen LogP contribution in [0.15, 0.2) is 24.5 Å². The van der Waals surface area contributed by atoms with Crippen LogP contribution in [0.4, 0.5) is 13.2 Å². The molecule has 8 heteroatoms. The van der Waals surface area contributed by atoms with Gasteiger partial charge in [-0.2, -0.15) is 18.3 Å². The molecule has 25 heavy (non-hydrogen) atoms. The number of pyridine rings is 1. The van der Waals surface area contributed by atoms with Gasteiger partial charge in [0.25, 0.3) is 0 Å². The highest BCUT2D eigenvalue weighted by Crippen LogP contribution is 2.33. The second-order valence-corrected chi connectivity index (χ2v) is 7.19. The number of fused-ring (bicyclic) bond motifs is 1. The Bertz CT molecular complexity index is 805. The van der Waals surface area contributed by atoms with E-state index in [0.717, 1.165) is 29.9 Å². The van der Waals surface area contributed by atoms with Gasteiger partial charge in [0.1, 0.15) is 5.69 Å². The predicted octanol–water partition coefficient (Wildman–Crippen LogP) is 3.44. The van der Waals surface area contributed by atoms with Crippen LogP contribution in [0.1, 0.15) is 50.2 Å². The van der Waals surface area contributed by atoms with E-state index in [-0.39, 0.29) is 17.6 Å². The zero-order valence-corrected chi connectivity index (χ0v) is 14.2. The summed E-state index contributed by atoms with van der Waals surface area (Å²) in [5.74, 6) is -0.0682. The molecular weight excluding hydrogens is 333 g/mol. The van der Waals surface area contributed by atoms with Crippen molar-refractivity contribution in [2.45, 2.75) is 45.8 Å². The molecular formula is C17H19F3N4O. The summed E-state index contributed by atoms with van der Waals surface area (Å²) < 4.78 is 39.9. The van der Waals surface area contributed by atoms with Gasteiger partial charge >= 0.3 is 6.18 Å². The maximum atomic E-state index is 12.8. The van der Waals surface area contributed by atoms with Crippen molar-refractivity contribution in [3.05, 3.63) is 41.5 Å².